The Kier molecular flexibility index (Phi) is 5.31. The summed E-state index contributed by atoms with van der Waals surface area (Å²) in [6.07, 6.45) is 3.16. The van der Waals surface area contributed by atoms with Crippen molar-refractivity contribution in [3.8, 4) is 0 Å². The van der Waals surface area contributed by atoms with E-state index in [1.54, 1.807) is 0 Å². The maximum absolute atomic E-state index is 12.2. The summed E-state index contributed by atoms with van der Waals surface area (Å²) in [5.41, 5.74) is 1.12. The van der Waals surface area contributed by atoms with Crippen molar-refractivity contribution in [1.29, 1.82) is 0 Å². The average Bonchev–Trinajstić information content (AvgIpc) is 2.91. The third-order valence-corrected chi connectivity index (χ3v) is 5.71. The lowest BCUT2D eigenvalue weighted by atomic mass is 9.78. The van der Waals surface area contributed by atoms with Crippen molar-refractivity contribution < 1.29 is 9.53 Å². The molecule has 0 unspecified atom stereocenters. The fraction of sp³-hybridized carbons (Fsp3) is 0.650. The lowest BCUT2D eigenvalue weighted by Crippen LogP contribution is -2.46. The number of piperidine rings is 1. The molecule has 25 heavy (non-hydrogen) atoms. The third kappa shape index (κ3) is 4.68. The molecule has 2 aliphatic heterocycles. The van der Waals surface area contributed by atoms with Crippen LogP contribution < -0.4 is 0 Å². The number of carbonyl (C=O) groups is 1. The maximum atomic E-state index is 12.2. The number of likely N-dealkylation sites (tertiary alicyclic amines) is 2. The Bertz CT molecular complexity index is 618. The van der Waals surface area contributed by atoms with Gasteiger partial charge >= 0.3 is 6.09 Å². The summed E-state index contributed by atoms with van der Waals surface area (Å²) in [5.74, 6) is 0. The van der Waals surface area contributed by atoms with Gasteiger partial charge in [-0.05, 0) is 63.6 Å². The minimum Gasteiger partial charge on any atom is -0.444 e. The van der Waals surface area contributed by atoms with E-state index in [0.717, 1.165) is 50.6 Å². The van der Waals surface area contributed by atoms with Gasteiger partial charge in [0.1, 0.15) is 5.60 Å². The van der Waals surface area contributed by atoms with Gasteiger partial charge in [-0.25, -0.2) is 4.79 Å². The molecule has 5 heteroatoms. The van der Waals surface area contributed by atoms with Gasteiger partial charge < -0.3 is 9.64 Å². The van der Waals surface area contributed by atoms with E-state index in [1.165, 1.54) is 12.0 Å². The first-order chi connectivity index (χ1) is 11.8. The van der Waals surface area contributed by atoms with Crippen LogP contribution in [0.2, 0.25) is 5.02 Å². The minimum atomic E-state index is -0.425. The first kappa shape index (κ1) is 18.5. The van der Waals surface area contributed by atoms with Gasteiger partial charge in [-0.1, -0.05) is 29.8 Å². The zero-order valence-corrected chi connectivity index (χ0v) is 16.3. The standard InChI is InChI=1S/C20H29ClN2O2/c1-19(2,3)25-18(24)23-12-9-20(10-13-23)8-11-22(15-20)14-16-6-4-5-7-17(16)21/h4-7H,8-15H2,1-3H3. The molecule has 2 saturated heterocycles. The van der Waals surface area contributed by atoms with Crippen molar-refractivity contribution in [2.45, 2.75) is 52.2 Å². The van der Waals surface area contributed by atoms with Gasteiger partial charge in [-0.2, -0.15) is 0 Å². The largest absolute Gasteiger partial charge is 0.444 e. The average molecular weight is 365 g/mol. The van der Waals surface area contributed by atoms with Crippen LogP contribution in [-0.4, -0.2) is 47.7 Å². The molecule has 2 heterocycles. The van der Waals surface area contributed by atoms with E-state index in [2.05, 4.69) is 11.0 Å². The van der Waals surface area contributed by atoms with Gasteiger partial charge in [0, 0.05) is 31.2 Å². The molecule has 4 nitrogen and oxygen atoms in total. The Hall–Kier alpha value is -1.26. The Balaban J connectivity index is 1.52. The molecular weight excluding hydrogens is 336 g/mol. The van der Waals surface area contributed by atoms with E-state index in [0.29, 0.717) is 5.41 Å². The Morgan fingerprint density at radius 3 is 2.44 bits per heavy atom. The molecule has 1 aromatic rings. The number of ether oxygens (including phenoxy) is 1. The molecule has 0 N–H and O–H groups in total. The van der Waals surface area contributed by atoms with Gasteiger partial charge in [-0.15, -0.1) is 0 Å². The van der Waals surface area contributed by atoms with Crippen LogP contribution in [0.15, 0.2) is 24.3 Å². The van der Waals surface area contributed by atoms with Gasteiger partial charge in [0.25, 0.3) is 0 Å². The second kappa shape index (κ2) is 7.16. The van der Waals surface area contributed by atoms with Crippen LogP contribution in [-0.2, 0) is 11.3 Å². The highest BCUT2D eigenvalue weighted by Gasteiger charge is 2.41. The molecule has 138 valence electrons. The lowest BCUT2D eigenvalue weighted by Gasteiger charge is -2.39. The van der Waals surface area contributed by atoms with Gasteiger partial charge in [0.05, 0.1) is 0 Å². The summed E-state index contributed by atoms with van der Waals surface area (Å²) in [6, 6.07) is 8.09. The SMILES string of the molecule is CC(C)(C)OC(=O)N1CCC2(CCN(Cc3ccccc3Cl)C2)CC1. The van der Waals surface area contributed by atoms with Crippen molar-refractivity contribution in [2.24, 2.45) is 5.41 Å². The van der Waals surface area contributed by atoms with Crippen molar-refractivity contribution in [1.82, 2.24) is 9.80 Å². The summed E-state index contributed by atoms with van der Waals surface area (Å²) >= 11 is 6.30. The van der Waals surface area contributed by atoms with Crippen LogP contribution in [0.4, 0.5) is 4.79 Å². The third-order valence-electron chi connectivity index (χ3n) is 5.34. The monoisotopic (exact) mass is 364 g/mol. The fourth-order valence-corrected chi connectivity index (χ4v) is 4.12. The highest BCUT2D eigenvalue weighted by molar-refractivity contribution is 6.31. The molecule has 0 aromatic heterocycles. The van der Waals surface area contributed by atoms with Gasteiger partial charge in [0.15, 0.2) is 0 Å². The van der Waals surface area contributed by atoms with E-state index >= 15 is 0 Å². The molecule has 0 aliphatic carbocycles. The zero-order valence-electron chi connectivity index (χ0n) is 15.6. The van der Waals surface area contributed by atoms with Crippen LogP contribution in [0.3, 0.4) is 0 Å². The zero-order chi connectivity index (χ0) is 18.1. The van der Waals surface area contributed by atoms with E-state index in [-0.39, 0.29) is 6.09 Å². The highest BCUT2D eigenvalue weighted by atomic mass is 35.5. The first-order valence-electron chi connectivity index (χ1n) is 9.20. The summed E-state index contributed by atoms with van der Waals surface area (Å²) < 4.78 is 5.50. The van der Waals surface area contributed by atoms with Crippen molar-refractivity contribution in [2.75, 3.05) is 26.2 Å². The smallest absolute Gasteiger partial charge is 0.410 e. The number of halogens is 1. The molecule has 1 spiro atoms. The first-order valence-corrected chi connectivity index (χ1v) is 9.58. The van der Waals surface area contributed by atoms with E-state index in [9.17, 15) is 4.79 Å². The normalized spacial score (nSPS) is 20.9. The number of hydrogen-bond acceptors (Lipinski definition) is 3. The maximum Gasteiger partial charge on any atom is 0.410 e. The highest BCUT2D eigenvalue weighted by Crippen LogP contribution is 2.41. The van der Waals surface area contributed by atoms with Gasteiger partial charge in [-0.3, -0.25) is 4.90 Å². The predicted molar refractivity (Wildman–Crippen MR) is 101 cm³/mol. The summed E-state index contributed by atoms with van der Waals surface area (Å²) in [6.45, 7) is 10.5. The minimum absolute atomic E-state index is 0.173. The molecule has 2 aliphatic rings. The van der Waals surface area contributed by atoms with Crippen LogP contribution in [0.1, 0.15) is 45.6 Å². The quantitative estimate of drug-likeness (QED) is 0.771. The molecule has 0 saturated carbocycles. The second-order valence-corrected chi connectivity index (χ2v) is 8.93. The Morgan fingerprint density at radius 2 is 1.80 bits per heavy atom. The molecule has 1 amide bonds. The van der Waals surface area contributed by atoms with E-state index in [4.69, 9.17) is 16.3 Å². The number of nitrogens with zero attached hydrogens (tertiary/aromatic N) is 2. The van der Waals surface area contributed by atoms with Crippen molar-refractivity contribution in [3.63, 3.8) is 0 Å². The number of amides is 1. The molecule has 0 bridgehead atoms. The van der Waals surface area contributed by atoms with E-state index in [1.807, 2.05) is 43.9 Å². The topological polar surface area (TPSA) is 32.8 Å². The Morgan fingerprint density at radius 1 is 1.16 bits per heavy atom. The number of rotatable bonds is 2. The van der Waals surface area contributed by atoms with Crippen LogP contribution >= 0.6 is 11.6 Å². The van der Waals surface area contributed by atoms with E-state index < -0.39 is 5.60 Å². The molecule has 0 radical (unpaired) electrons. The second-order valence-electron chi connectivity index (χ2n) is 8.52. The van der Waals surface area contributed by atoms with Crippen LogP contribution in [0, 0.1) is 5.41 Å². The van der Waals surface area contributed by atoms with Crippen molar-refractivity contribution in [3.05, 3.63) is 34.9 Å². The number of benzene rings is 1. The summed E-state index contributed by atoms with van der Waals surface area (Å²) in [5, 5.41) is 0.850. The molecule has 1 aromatic carbocycles. The molecule has 3 rings (SSSR count). The van der Waals surface area contributed by atoms with Gasteiger partial charge in [0.2, 0.25) is 0 Å². The van der Waals surface area contributed by atoms with Crippen LogP contribution in [0.5, 0.6) is 0 Å². The van der Waals surface area contributed by atoms with Crippen molar-refractivity contribution >= 4 is 17.7 Å². The summed E-state index contributed by atoms with van der Waals surface area (Å²) in [4.78, 5) is 16.6. The summed E-state index contributed by atoms with van der Waals surface area (Å²) in [7, 11) is 0. The Labute approximate surface area is 156 Å². The molecular formula is C20H29ClN2O2. The van der Waals surface area contributed by atoms with Crippen LogP contribution in [0.25, 0.3) is 0 Å². The molecule has 2 fully saturated rings. The molecule has 0 atom stereocenters. The predicted octanol–water partition coefficient (Wildman–Crippen LogP) is 4.56. The lowest BCUT2D eigenvalue weighted by molar-refractivity contribution is 0.0109. The number of hydrogen-bond donors (Lipinski definition) is 0. The fourth-order valence-electron chi connectivity index (χ4n) is 3.93. The number of carbonyl (C=O) groups excluding carboxylic acids is 1.